The molecule has 2 aromatic rings. The summed E-state index contributed by atoms with van der Waals surface area (Å²) in [5.74, 6) is 0.442. The van der Waals surface area contributed by atoms with Crippen molar-refractivity contribution < 1.29 is 9.90 Å². The summed E-state index contributed by atoms with van der Waals surface area (Å²) in [6.45, 7) is 0. The van der Waals surface area contributed by atoms with Gasteiger partial charge in [-0.05, 0) is 31.0 Å². The van der Waals surface area contributed by atoms with E-state index < -0.39 is 6.09 Å². The normalized spacial score (nSPS) is 15.6. The molecule has 0 aliphatic heterocycles. The van der Waals surface area contributed by atoms with E-state index >= 15 is 0 Å². The standard InChI is InChI=1S/C11H9BrN2O2/c12-7-3-4-9-8(5-7)10(6-1-2-6)13-14(9)11(15)16/h3-6H,1-2H2,(H,15,16). The smallest absolute Gasteiger partial charge is 0.432 e. The fourth-order valence-corrected chi connectivity index (χ4v) is 2.28. The molecule has 1 aromatic heterocycles. The van der Waals surface area contributed by atoms with E-state index in [1.807, 2.05) is 12.1 Å². The van der Waals surface area contributed by atoms with Gasteiger partial charge in [0.15, 0.2) is 0 Å². The molecule has 0 saturated heterocycles. The van der Waals surface area contributed by atoms with Crippen LogP contribution < -0.4 is 0 Å². The highest BCUT2D eigenvalue weighted by Gasteiger charge is 2.29. The Labute approximate surface area is 100.0 Å². The second kappa shape index (κ2) is 3.31. The van der Waals surface area contributed by atoms with Crippen LogP contribution in [-0.4, -0.2) is 21.0 Å². The van der Waals surface area contributed by atoms with Crippen LogP contribution >= 0.6 is 15.9 Å². The second-order valence-electron chi connectivity index (χ2n) is 4.02. The van der Waals surface area contributed by atoms with E-state index in [-0.39, 0.29) is 0 Å². The van der Waals surface area contributed by atoms with Gasteiger partial charge in [0.1, 0.15) is 0 Å². The minimum Gasteiger partial charge on any atom is -0.463 e. The highest BCUT2D eigenvalue weighted by molar-refractivity contribution is 9.10. The molecule has 3 rings (SSSR count). The molecule has 0 atom stereocenters. The maximum Gasteiger partial charge on any atom is 0.432 e. The first-order valence-corrected chi connectivity index (χ1v) is 5.87. The fourth-order valence-electron chi connectivity index (χ4n) is 1.92. The highest BCUT2D eigenvalue weighted by Crippen LogP contribution is 2.42. The first-order valence-electron chi connectivity index (χ1n) is 5.08. The van der Waals surface area contributed by atoms with E-state index in [2.05, 4.69) is 21.0 Å². The predicted octanol–water partition coefficient (Wildman–Crippen LogP) is 3.20. The van der Waals surface area contributed by atoms with Crippen LogP contribution in [0.3, 0.4) is 0 Å². The van der Waals surface area contributed by atoms with Crippen molar-refractivity contribution in [3.8, 4) is 0 Å². The second-order valence-corrected chi connectivity index (χ2v) is 4.93. The summed E-state index contributed by atoms with van der Waals surface area (Å²) >= 11 is 3.40. The predicted molar refractivity (Wildman–Crippen MR) is 62.8 cm³/mol. The van der Waals surface area contributed by atoms with Crippen LogP contribution in [0.4, 0.5) is 4.79 Å². The van der Waals surface area contributed by atoms with Crippen LogP contribution in [0.1, 0.15) is 24.5 Å². The van der Waals surface area contributed by atoms with Gasteiger partial charge in [-0.1, -0.05) is 15.9 Å². The van der Waals surface area contributed by atoms with Gasteiger partial charge in [0, 0.05) is 15.8 Å². The van der Waals surface area contributed by atoms with Crippen molar-refractivity contribution in [1.29, 1.82) is 0 Å². The van der Waals surface area contributed by atoms with Gasteiger partial charge in [-0.15, -0.1) is 0 Å². The Kier molecular flexibility index (Phi) is 2.04. The van der Waals surface area contributed by atoms with Gasteiger partial charge in [-0.2, -0.15) is 9.78 Å². The molecule has 1 N–H and O–H groups in total. The lowest BCUT2D eigenvalue weighted by Crippen LogP contribution is -2.09. The van der Waals surface area contributed by atoms with E-state index in [1.54, 1.807) is 6.07 Å². The molecule has 82 valence electrons. The molecule has 1 aliphatic carbocycles. The lowest BCUT2D eigenvalue weighted by Gasteiger charge is -1.95. The molecule has 1 heterocycles. The number of aromatic nitrogens is 2. The Morgan fingerprint density at radius 2 is 2.25 bits per heavy atom. The van der Waals surface area contributed by atoms with Gasteiger partial charge in [-0.3, -0.25) is 0 Å². The van der Waals surface area contributed by atoms with Gasteiger partial charge in [0.05, 0.1) is 11.2 Å². The van der Waals surface area contributed by atoms with Crippen molar-refractivity contribution in [2.45, 2.75) is 18.8 Å². The van der Waals surface area contributed by atoms with Crippen molar-refractivity contribution in [1.82, 2.24) is 9.78 Å². The number of carboxylic acid groups (broad SMARTS) is 1. The fraction of sp³-hybridized carbons (Fsp3) is 0.273. The zero-order valence-electron chi connectivity index (χ0n) is 8.35. The molecular weight excluding hydrogens is 272 g/mol. The minimum atomic E-state index is -1.03. The van der Waals surface area contributed by atoms with Crippen LogP contribution in [0, 0.1) is 0 Å². The molecular formula is C11H9BrN2O2. The number of fused-ring (bicyclic) bond motifs is 1. The Bertz CT molecular complexity index is 587. The summed E-state index contributed by atoms with van der Waals surface area (Å²) in [5.41, 5.74) is 1.58. The molecule has 1 aromatic carbocycles. The molecule has 1 aliphatic rings. The van der Waals surface area contributed by atoms with Crippen molar-refractivity contribution in [2.75, 3.05) is 0 Å². The Hall–Kier alpha value is -1.36. The molecule has 0 spiro atoms. The monoisotopic (exact) mass is 280 g/mol. The summed E-state index contributed by atoms with van der Waals surface area (Å²) < 4.78 is 2.02. The third kappa shape index (κ3) is 1.43. The summed E-state index contributed by atoms with van der Waals surface area (Å²) in [6.07, 6.45) is 1.19. The van der Waals surface area contributed by atoms with E-state index in [0.717, 1.165) is 33.1 Å². The maximum atomic E-state index is 11.0. The van der Waals surface area contributed by atoms with Gasteiger partial charge in [-0.25, -0.2) is 4.79 Å². The van der Waals surface area contributed by atoms with Crippen LogP contribution in [-0.2, 0) is 0 Å². The number of halogens is 1. The number of benzene rings is 1. The van der Waals surface area contributed by atoms with Crippen LogP contribution in [0.5, 0.6) is 0 Å². The van der Waals surface area contributed by atoms with E-state index in [1.165, 1.54) is 0 Å². The molecule has 0 amide bonds. The molecule has 5 heteroatoms. The SMILES string of the molecule is O=C(O)n1nc(C2CC2)c2cc(Br)ccc21. The average molecular weight is 281 g/mol. The van der Waals surface area contributed by atoms with Crippen LogP contribution in [0.15, 0.2) is 22.7 Å². The number of carbonyl (C=O) groups is 1. The van der Waals surface area contributed by atoms with E-state index in [4.69, 9.17) is 5.11 Å². The number of hydrogen-bond acceptors (Lipinski definition) is 2. The molecule has 0 radical (unpaired) electrons. The highest BCUT2D eigenvalue weighted by atomic mass is 79.9. The maximum absolute atomic E-state index is 11.0. The number of nitrogens with zero attached hydrogens (tertiary/aromatic N) is 2. The molecule has 16 heavy (non-hydrogen) atoms. The first kappa shape index (κ1) is 9.84. The summed E-state index contributed by atoms with van der Waals surface area (Å²) in [4.78, 5) is 11.0. The summed E-state index contributed by atoms with van der Waals surface area (Å²) in [6, 6.07) is 5.56. The third-order valence-electron chi connectivity index (χ3n) is 2.82. The number of hydrogen-bond donors (Lipinski definition) is 1. The third-order valence-corrected chi connectivity index (χ3v) is 3.31. The molecule has 1 saturated carbocycles. The summed E-state index contributed by atoms with van der Waals surface area (Å²) in [7, 11) is 0. The first-order chi connectivity index (χ1) is 7.66. The lowest BCUT2D eigenvalue weighted by molar-refractivity contribution is 0.194. The largest absolute Gasteiger partial charge is 0.463 e. The van der Waals surface area contributed by atoms with Crippen molar-refractivity contribution in [3.05, 3.63) is 28.4 Å². The van der Waals surface area contributed by atoms with Crippen molar-refractivity contribution in [3.63, 3.8) is 0 Å². The minimum absolute atomic E-state index is 0.442. The Balaban J connectivity index is 2.32. The quantitative estimate of drug-likeness (QED) is 0.873. The molecule has 0 bridgehead atoms. The van der Waals surface area contributed by atoms with E-state index in [9.17, 15) is 4.79 Å². The lowest BCUT2D eigenvalue weighted by atomic mass is 10.1. The molecule has 1 fully saturated rings. The van der Waals surface area contributed by atoms with Crippen molar-refractivity contribution >= 4 is 32.9 Å². The van der Waals surface area contributed by atoms with Gasteiger partial charge >= 0.3 is 6.09 Å². The van der Waals surface area contributed by atoms with Gasteiger partial charge in [0.25, 0.3) is 0 Å². The number of rotatable bonds is 1. The Morgan fingerprint density at radius 3 is 2.88 bits per heavy atom. The molecule has 4 nitrogen and oxygen atoms in total. The molecule has 0 unspecified atom stereocenters. The average Bonchev–Trinajstić information content (AvgIpc) is 3.00. The van der Waals surface area contributed by atoms with Gasteiger partial charge < -0.3 is 5.11 Å². The van der Waals surface area contributed by atoms with Crippen LogP contribution in [0.25, 0.3) is 10.9 Å². The Morgan fingerprint density at radius 1 is 1.50 bits per heavy atom. The van der Waals surface area contributed by atoms with Crippen LogP contribution in [0.2, 0.25) is 0 Å². The zero-order chi connectivity index (χ0) is 11.3. The summed E-state index contributed by atoms with van der Waals surface area (Å²) in [5, 5.41) is 14.2. The zero-order valence-corrected chi connectivity index (χ0v) is 9.94. The van der Waals surface area contributed by atoms with Crippen molar-refractivity contribution in [2.24, 2.45) is 0 Å². The van der Waals surface area contributed by atoms with Gasteiger partial charge in [0.2, 0.25) is 0 Å². The van der Waals surface area contributed by atoms with E-state index in [0.29, 0.717) is 11.4 Å². The topological polar surface area (TPSA) is 55.1 Å².